The maximum atomic E-state index is 13.4. The fourth-order valence-corrected chi connectivity index (χ4v) is 6.09. The van der Waals surface area contributed by atoms with Gasteiger partial charge in [0.2, 0.25) is 5.91 Å². The van der Waals surface area contributed by atoms with Crippen molar-refractivity contribution in [1.82, 2.24) is 9.80 Å². The zero-order valence-electron chi connectivity index (χ0n) is 18.7. The molecule has 9 heteroatoms. The summed E-state index contributed by atoms with van der Waals surface area (Å²) in [4.78, 5) is 43.2. The number of benzene rings is 2. The van der Waals surface area contributed by atoms with Crippen LogP contribution >= 0.6 is 0 Å². The van der Waals surface area contributed by atoms with Crippen molar-refractivity contribution >= 4 is 33.4 Å². The van der Waals surface area contributed by atoms with Crippen LogP contribution in [0.4, 0.5) is 10.5 Å². The maximum Gasteiger partial charge on any atom is 0.332 e. The van der Waals surface area contributed by atoms with Gasteiger partial charge in [-0.2, -0.15) is 0 Å². The van der Waals surface area contributed by atoms with Crippen LogP contribution < -0.4 is 4.90 Å². The lowest BCUT2D eigenvalue weighted by molar-refractivity contribution is -0.139. The van der Waals surface area contributed by atoms with Crippen molar-refractivity contribution in [3.8, 4) is 0 Å². The van der Waals surface area contributed by atoms with E-state index in [9.17, 15) is 22.8 Å². The van der Waals surface area contributed by atoms with Crippen molar-refractivity contribution in [3.05, 3.63) is 65.7 Å². The summed E-state index contributed by atoms with van der Waals surface area (Å²) in [6.45, 7) is 3.36. The third-order valence-corrected chi connectivity index (χ3v) is 7.97. The van der Waals surface area contributed by atoms with Crippen molar-refractivity contribution in [3.63, 3.8) is 0 Å². The van der Waals surface area contributed by atoms with Crippen molar-refractivity contribution < 1.29 is 22.8 Å². The van der Waals surface area contributed by atoms with Gasteiger partial charge in [0, 0.05) is 18.3 Å². The third-order valence-electron chi connectivity index (χ3n) is 6.22. The number of carbonyl (C=O) groups is 3. The van der Waals surface area contributed by atoms with Crippen LogP contribution in [0.3, 0.4) is 0 Å². The van der Waals surface area contributed by atoms with Gasteiger partial charge < -0.3 is 4.90 Å². The molecule has 0 radical (unpaired) electrons. The molecule has 0 aliphatic carbocycles. The van der Waals surface area contributed by atoms with Crippen LogP contribution in [-0.2, 0) is 26.0 Å². The van der Waals surface area contributed by atoms with Gasteiger partial charge in [0.05, 0.1) is 11.5 Å². The van der Waals surface area contributed by atoms with E-state index in [0.29, 0.717) is 12.1 Å². The molecule has 2 fully saturated rings. The first-order valence-electron chi connectivity index (χ1n) is 10.9. The lowest BCUT2D eigenvalue weighted by Gasteiger charge is -2.30. The highest BCUT2D eigenvalue weighted by molar-refractivity contribution is 7.91. The summed E-state index contributed by atoms with van der Waals surface area (Å²) in [7, 11) is -3.22. The zero-order valence-corrected chi connectivity index (χ0v) is 19.5. The summed E-state index contributed by atoms with van der Waals surface area (Å²) in [6, 6.07) is 14.8. The van der Waals surface area contributed by atoms with Crippen molar-refractivity contribution in [2.75, 3.05) is 23.0 Å². The average molecular weight is 470 g/mol. The summed E-state index contributed by atoms with van der Waals surface area (Å²) < 4.78 is 24.1. The molecule has 174 valence electrons. The number of hydrogen-bond donors (Lipinski definition) is 0. The summed E-state index contributed by atoms with van der Waals surface area (Å²) in [5.41, 5.74) is 2.47. The molecule has 8 nitrogen and oxygen atoms in total. The van der Waals surface area contributed by atoms with Crippen molar-refractivity contribution in [2.45, 2.75) is 38.9 Å². The summed E-state index contributed by atoms with van der Waals surface area (Å²) in [5, 5.41) is 0. The Labute approximate surface area is 193 Å². The quantitative estimate of drug-likeness (QED) is 0.606. The number of anilines is 1. The van der Waals surface area contributed by atoms with Gasteiger partial charge in [0.25, 0.3) is 5.91 Å². The largest absolute Gasteiger partial charge is 0.333 e. The van der Waals surface area contributed by atoms with Crippen LogP contribution in [0, 0.1) is 6.92 Å². The van der Waals surface area contributed by atoms with Gasteiger partial charge >= 0.3 is 6.03 Å². The highest BCUT2D eigenvalue weighted by Gasteiger charge is 2.45. The maximum absolute atomic E-state index is 13.4. The fraction of sp³-hybridized carbons (Fsp3) is 0.375. The van der Waals surface area contributed by atoms with Gasteiger partial charge in [-0.15, -0.1) is 0 Å². The number of sulfone groups is 1. The van der Waals surface area contributed by atoms with E-state index in [1.54, 1.807) is 19.1 Å². The average Bonchev–Trinajstić information content (AvgIpc) is 3.25. The van der Waals surface area contributed by atoms with Crippen LogP contribution in [0.1, 0.15) is 24.5 Å². The molecule has 2 aliphatic rings. The minimum atomic E-state index is -3.22. The second-order valence-corrected chi connectivity index (χ2v) is 10.9. The van der Waals surface area contributed by atoms with Crippen LogP contribution in [0.15, 0.2) is 54.6 Å². The Morgan fingerprint density at radius 2 is 1.73 bits per heavy atom. The van der Waals surface area contributed by atoms with E-state index in [2.05, 4.69) is 0 Å². The van der Waals surface area contributed by atoms with Crippen LogP contribution in [-0.4, -0.2) is 66.2 Å². The van der Waals surface area contributed by atoms with Crippen LogP contribution in [0.25, 0.3) is 0 Å². The number of urea groups is 1. The molecule has 0 saturated carbocycles. The number of carbonyl (C=O) groups excluding carboxylic acids is 3. The second kappa shape index (κ2) is 8.97. The number of aryl methyl sites for hydroxylation is 1. The minimum absolute atomic E-state index is 0.0239. The molecule has 0 spiro atoms. The number of imide groups is 1. The van der Waals surface area contributed by atoms with Gasteiger partial charge in [0.15, 0.2) is 9.84 Å². The Balaban J connectivity index is 1.56. The van der Waals surface area contributed by atoms with E-state index in [0.717, 1.165) is 16.0 Å². The predicted molar refractivity (Wildman–Crippen MR) is 124 cm³/mol. The smallest absolute Gasteiger partial charge is 0.332 e. The van der Waals surface area contributed by atoms with E-state index in [1.165, 1.54) is 9.80 Å². The summed E-state index contributed by atoms with van der Waals surface area (Å²) in [6.07, 6.45) is 0.342. The molecule has 0 bridgehead atoms. The highest BCUT2D eigenvalue weighted by Crippen LogP contribution is 2.27. The molecule has 2 saturated heterocycles. The fourth-order valence-electron chi connectivity index (χ4n) is 4.36. The second-order valence-electron chi connectivity index (χ2n) is 8.65. The van der Waals surface area contributed by atoms with Crippen LogP contribution in [0.2, 0.25) is 0 Å². The Morgan fingerprint density at radius 3 is 2.33 bits per heavy atom. The number of hydrogen-bond acceptors (Lipinski definition) is 5. The zero-order chi connectivity index (χ0) is 23.8. The van der Waals surface area contributed by atoms with Gasteiger partial charge in [-0.25, -0.2) is 13.2 Å². The topological polar surface area (TPSA) is 95.1 Å². The SMILES string of the molecule is Cc1ccc(N2C(=O)N(CC(=O)N(Cc3ccccc3)C3CCS(=O)(=O)C3)C(=O)C2C)cc1. The van der Waals surface area contributed by atoms with Gasteiger partial charge in [-0.1, -0.05) is 48.0 Å². The molecule has 2 unspecified atom stereocenters. The highest BCUT2D eigenvalue weighted by atomic mass is 32.2. The first-order chi connectivity index (χ1) is 15.7. The molecule has 0 N–H and O–H groups in total. The normalized spacial score (nSPS) is 22.1. The number of rotatable bonds is 6. The van der Waals surface area contributed by atoms with Crippen LogP contribution in [0.5, 0.6) is 0 Å². The molecule has 0 aromatic heterocycles. The molecule has 4 rings (SSSR count). The Bertz CT molecular complexity index is 1160. The van der Waals surface area contributed by atoms with E-state index in [-0.39, 0.29) is 18.1 Å². The third kappa shape index (κ3) is 4.78. The molecule has 2 atom stereocenters. The van der Waals surface area contributed by atoms with E-state index in [4.69, 9.17) is 0 Å². The van der Waals surface area contributed by atoms with Gasteiger partial charge in [-0.3, -0.25) is 19.4 Å². The molecule has 2 aromatic carbocycles. The lowest BCUT2D eigenvalue weighted by atomic mass is 10.1. The molecule has 2 aromatic rings. The number of nitrogens with zero attached hydrogens (tertiary/aromatic N) is 3. The molecule has 4 amide bonds. The number of amides is 4. The van der Waals surface area contributed by atoms with E-state index in [1.807, 2.05) is 49.4 Å². The first kappa shape index (κ1) is 23.0. The summed E-state index contributed by atoms with van der Waals surface area (Å²) >= 11 is 0. The Morgan fingerprint density at radius 1 is 1.06 bits per heavy atom. The van der Waals surface area contributed by atoms with E-state index >= 15 is 0 Å². The first-order valence-corrected chi connectivity index (χ1v) is 12.7. The molecule has 33 heavy (non-hydrogen) atoms. The van der Waals surface area contributed by atoms with Gasteiger partial charge in [0.1, 0.15) is 12.6 Å². The summed E-state index contributed by atoms with van der Waals surface area (Å²) in [5.74, 6) is -0.983. The van der Waals surface area contributed by atoms with Crippen molar-refractivity contribution in [2.24, 2.45) is 0 Å². The molecule has 2 heterocycles. The standard InChI is InChI=1S/C24H27N3O5S/c1-17-8-10-20(11-9-17)27-18(2)23(29)26(24(27)30)15-22(28)25(14-19-6-4-3-5-7-19)21-12-13-33(31,32)16-21/h3-11,18,21H,12-16H2,1-2H3. The molecule has 2 aliphatic heterocycles. The minimum Gasteiger partial charge on any atom is -0.333 e. The van der Waals surface area contributed by atoms with Crippen molar-refractivity contribution in [1.29, 1.82) is 0 Å². The Hall–Kier alpha value is -3.20. The monoisotopic (exact) mass is 469 g/mol. The molecular formula is C24H27N3O5S. The molecular weight excluding hydrogens is 442 g/mol. The Kier molecular flexibility index (Phi) is 6.25. The van der Waals surface area contributed by atoms with E-state index < -0.39 is 46.3 Å². The van der Waals surface area contributed by atoms with Gasteiger partial charge in [-0.05, 0) is 38.0 Å². The lowest BCUT2D eigenvalue weighted by Crippen LogP contribution is -2.47. The predicted octanol–water partition coefficient (Wildman–Crippen LogP) is 2.37.